The molecule has 0 fully saturated rings. The Hall–Kier alpha value is -1.56. The molecule has 0 bridgehead atoms. The third kappa shape index (κ3) is 1.37. The molecule has 0 atom stereocenters. The van der Waals surface area contributed by atoms with E-state index in [1.54, 1.807) is 0 Å². The molecule has 0 aromatic heterocycles. The normalized spacial score (nSPS) is 14.2. The second-order valence-corrected chi connectivity index (χ2v) is 4.29. The van der Waals surface area contributed by atoms with E-state index in [1.165, 1.54) is 40.3 Å². The molecule has 0 aliphatic heterocycles. The quantitative estimate of drug-likeness (QED) is 0.592. The Morgan fingerprint density at radius 2 is 2.07 bits per heavy atom. The van der Waals surface area contributed by atoms with E-state index in [-0.39, 0.29) is 0 Å². The van der Waals surface area contributed by atoms with E-state index in [4.69, 9.17) is 0 Å². The maximum absolute atomic E-state index is 2.36. The summed E-state index contributed by atoms with van der Waals surface area (Å²) in [6.07, 6.45) is 6.89. The number of benzene rings is 2. The summed E-state index contributed by atoms with van der Waals surface area (Å²) in [6.45, 7) is 2.19. The summed E-state index contributed by atoms with van der Waals surface area (Å²) in [4.78, 5) is 0. The Balaban J connectivity index is 2.37. The first kappa shape index (κ1) is 8.72. The van der Waals surface area contributed by atoms with E-state index in [2.05, 4.69) is 49.4 Å². The van der Waals surface area contributed by atoms with Crippen molar-refractivity contribution in [3.8, 4) is 0 Å². The van der Waals surface area contributed by atoms with Crippen LogP contribution in [0.25, 0.3) is 16.8 Å². The van der Waals surface area contributed by atoms with Crippen molar-refractivity contribution in [3.05, 3.63) is 53.1 Å². The predicted molar refractivity (Wildman–Crippen MR) is 66.0 cm³/mol. The summed E-state index contributed by atoms with van der Waals surface area (Å²) in [5.74, 6) is 0. The van der Waals surface area contributed by atoms with Gasteiger partial charge in [0.2, 0.25) is 0 Å². The smallest absolute Gasteiger partial charge is 0.0152 e. The molecule has 0 saturated carbocycles. The molecule has 0 heteroatoms. The highest BCUT2D eigenvalue weighted by molar-refractivity contribution is 5.88. The molecule has 74 valence electrons. The fraction of sp³-hybridized carbons (Fsp3) is 0.200. The molecule has 0 nitrogen and oxygen atoms in total. The molecule has 0 unspecified atom stereocenters. The molecule has 15 heavy (non-hydrogen) atoms. The largest absolute Gasteiger partial charge is 0.0836 e. The Bertz CT molecular complexity index is 547. The van der Waals surface area contributed by atoms with Crippen LogP contribution in [0.2, 0.25) is 0 Å². The predicted octanol–water partition coefficient (Wildman–Crippen LogP) is 4.11. The average Bonchev–Trinajstić information content (AvgIpc) is 2.27. The lowest BCUT2D eigenvalue weighted by Gasteiger charge is -2.12. The van der Waals surface area contributed by atoms with Gasteiger partial charge in [-0.1, -0.05) is 36.4 Å². The van der Waals surface area contributed by atoms with Gasteiger partial charge in [-0.15, -0.1) is 0 Å². The van der Waals surface area contributed by atoms with Crippen molar-refractivity contribution >= 4 is 16.8 Å². The highest BCUT2D eigenvalue weighted by atomic mass is 14.1. The summed E-state index contributed by atoms with van der Waals surface area (Å²) >= 11 is 0. The van der Waals surface area contributed by atoms with E-state index < -0.39 is 0 Å². The number of rotatable bonds is 0. The van der Waals surface area contributed by atoms with Gasteiger partial charge in [0.1, 0.15) is 0 Å². The first-order chi connectivity index (χ1) is 7.34. The minimum Gasteiger partial charge on any atom is -0.0836 e. The Morgan fingerprint density at radius 1 is 1.13 bits per heavy atom. The van der Waals surface area contributed by atoms with Crippen LogP contribution in [0, 0.1) is 6.92 Å². The maximum Gasteiger partial charge on any atom is -0.0152 e. The molecule has 0 N–H and O–H groups in total. The van der Waals surface area contributed by atoms with Crippen molar-refractivity contribution in [2.75, 3.05) is 0 Å². The molecule has 0 radical (unpaired) electrons. The topological polar surface area (TPSA) is 0 Å². The van der Waals surface area contributed by atoms with Gasteiger partial charge in [-0.25, -0.2) is 0 Å². The SMILES string of the molecule is Cc1cccc2cc3c(cc12)CCC=C3. The van der Waals surface area contributed by atoms with E-state index in [0.717, 1.165) is 0 Å². The Labute approximate surface area is 90.2 Å². The zero-order chi connectivity index (χ0) is 10.3. The van der Waals surface area contributed by atoms with Crippen LogP contribution >= 0.6 is 0 Å². The molecule has 1 aliphatic rings. The van der Waals surface area contributed by atoms with Gasteiger partial charge in [0.15, 0.2) is 0 Å². The van der Waals surface area contributed by atoms with Crippen molar-refractivity contribution < 1.29 is 0 Å². The van der Waals surface area contributed by atoms with Crippen molar-refractivity contribution in [3.63, 3.8) is 0 Å². The molecule has 0 spiro atoms. The van der Waals surface area contributed by atoms with Crippen LogP contribution in [-0.4, -0.2) is 0 Å². The minimum absolute atomic E-state index is 1.18. The van der Waals surface area contributed by atoms with Crippen LogP contribution < -0.4 is 0 Å². The van der Waals surface area contributed by atoms with E-state index in [9.17, 15) is 0 Å². The Morgan fingerprint density at radius 3 is 3.00 bits per heavy atom. The molecule has 2 aromatic carbocycles. The summed E-state index contributed by atoms with van der Waals surface area (Å²) < 4.78 is 0. The number of aryl methyl sites for hydroxylation is 2. The van der Waals surface area contributed by atoms with Crippen molar-refractivity contribution in [2.45, 2.75) is 19.8 Å². The lowest BCUT2D eigenvalue weighted by molar-refractivity contribution is 0.989. The molecule has 2 aromatic rings. The zero-order valence-electron chi connectivity index (χ0n) is 8.96. The van der Waals surface area contributed by atoms with Gasteiger partial charge in [-0.2, -0.15) is 0 Å². The first-order valence-electron chi connectivity index (χ1n) is 5.53. The van der Waals surface area contributed by atoms with Crippen molar-refractivity contribution in [1.82, 2.24) is 0 Å². The number of allylic oxidation sites excluding steroid dienone is 1. The average molecular weight is 194 g/mol. The van der Waals surface area contributed by atoms with Crippen molar-refractivity contribution in [2.24, 2.45) is 0 Å². The standard InChI is InChI=1S/C15H14/c1-11-5-4-8-14-9-12-6-2-3-7-13(12)10-15(11)14/h2,4-6,8-10H,3,7H2,1H3. The lowest BCUT2D eigenvalue weighted by Crippen LogP contribution is -1.94. The summed E-state index contributed by atoms with van der Waals surface area (Å²) in [7, 11) is 0. The highest BCUT2D eigenvalue weighted by Crippen LogP contribution is 2.27. The third-order valence-corrected chi connectivity index (χ3v) is 3.24. The molecule has 0 heterocycles. The maximum atomic E-state index is 2.36. The van der Waals surface area contributed by atoms with Crippen LogP contribution in [0.3, 0.4) is 0 Å². The molecule has 0 saturated heterocycles. The molecule has 0 amide bonds. The van der Waals surface area contributed by atoms with Gasteiger partial charge >= 0.3 is 0 Å². The number of hydrogen-bond acceptors (Lipinski definition) is 0. The number of fused-ring (bicyclic) bond motifs is 2. The van der Waals surface area contributed by atoms with Gasteiger partial charge in [-0.05, 0) is 53.3 Å². The lowest BCUT2D eigenvalue weighted by atomic mass is 9.92. The molecular formula is C15H14. The zero-order valence-corrected chi connectivity index (χ0v) is 8.96. The number of hydrogen-bond donors (Lipinski definition) is 0. The van der Waals surface area contributed by atoms with E-state index in [1.807, 2.05) is 0 Å². The van der Waals surface area contributed by atoms with E-state index in [0.29, 0.717) is 0 Å². The third-order valence-electron chi connectivity index (χ3n) is 3.24. The highest BCUT2D eigenvalue weighted by Gasteiger charge is 2.06. The second kappa shape index (κ2) is 3.23. The van der Waals surface area contributed by atoms with Crippen LogP contribution in [-0.2, 0) is 6.42 Å². The summed E-state index contributed by atoms with van der Waals surface area (Å²) in [5.41, 5.74) is 4.28. The van der Waals surface area contributed by atoms with Gasteiger partial charge in [0.05, 0.1) is 0 Å². The molecular weight excluding hydrogens is 180 g/mol. The van der Waals surface area contributed by atoms with Crippen LogP contribution in [0.4, 0.5) is 0 Å². The van der Waals surface area contributed by atoms with Crippen LogP contribution in [0.5, 0.6) is 0 Å². The van der Waals surface area contributed by atoms with Crippen molar-refractivity contribution in [1.29, 1.82) is 0 Å². The summed E-state index contributed by atoms with van der Waals surface area (Å²) in [5, 5.41) is 2.77. The Kier molecular flexibility index (Phi) is 1.88. The molecule has 3 rings (SSSR count). The fourth-order valence-electron chi connectivity index (χ4n) is 2.36. The molecule has 1 aliphatic carbocycles. The second-order valence-electron chi connectivity index (χ2n) is 4.29. The van der Waals surface area contributed by atoms with Crippen LogP contribution in [0.15, 0.2) is 36.4 Å². The summed E-state index contributed by atoms with van der Waals surface area (Å²) in [6, 6.07) is 11.2. The van der Waals surface area contributed by atoms with Gasteiger partial charge < -0.3 is 0 Å². The first-order valence-corrected chi connectivity index (χ1v) is 5.53. The fourth-order valence-corrected chi connectivity index (χ4v) is 2.36. The van der Waals surface area contributed by atoms with E-state index >= 15 is 0 Å². The van der Waals surface area contributed by atoms with Gasteiger partial charge in [-0.3, -0.25) is 0 Å². The minimum atomic E-state index is 1.18. The van der Waals surface area contributed by atoms with Crippen LogP contribution in [0.1, 0.15) is 23.1 Å². The van der Waals surface area contributed by atoms with Gasteiger partial charge in [0, 0.05) is 0 Å². The monoisotopic (exact) mass is 194 g/mol. The van der Waals surface area contributed by atoms with Gasteiger partial charge in [0.25, 0.3) is 0 Å².